The molecule has 2 aliphatic rings. The van der Waals surface area contributed by atoms with Crippen LogP contribution in [0.5, 0.6) is 0 Å². The highest BCUT2D eigenvalue weighted by atomic mass is 16.5. The van der Waals surface area contributed by atoms with Crippen molar-refractivity contribution < 1.29 is 28.9 Å². The number of ether oxygens (including phenoxy) is 3. The topological polar surface area (TPSA) is 82.1 Å². The quantitative estimate of drug-likeness (QED) is 0.714. The standard InChI is InChI=1S/C22H38O6/c1-14(23)21(5)11-10-16-20(4,13-17(24)26-7)15(9-12-22(16,6)28-21)19(2,3)18(25)27-8/h14-16,23H,9-13H2,1-8H3/t14-,15-,16+,20-,21-,22+/m1/s1. The van der Waals surface area contributed by atoms with E-state index in [1.807, 2.05) is 20.8 Å². The van der Waals surface area contributed by atoms with E-state index in [9.17, 15) is 14.7 Å². The monoisotopic (exact) mass is 398 g/mol. The number of methoxy groups -OCH3 is 2. The Morgan fingerprint density at radius 2 is 1.75 bits per heavy atom. The summed E-state index contributed by atoms with van der Waals surface area (Å²) in [6.07, 6.45) is 2.66. The van der Waals surface area contributed by atoms with Gasteiger partial charge in [-0.2, -0.15) is 0 Å². The van der Waals surface area contributed by atoms with Gasteiger partial charge in [0.15, 0.2) is 0 Å². The molecule has 1 aliphatic carbocycles. The number of carbonyl (C=O) groups is 2. The maximum Gasteiger partial charge on any atom is 0.311 e. The number of carbonyl (C=O) groups excluding carboxylic acids is 2. The van der Waals surface area contributed by atoms with Gasteiger partial charge < -0.3 is 19.3 Å². The average Bonchev–Trinajstić information content (AvgIpc) is 2.59. The minimum absolute atomic E-state index is 0.0517. The number of fused-ring (bicyclic) bond motifs is 1. The molecular weight excluding hydrogens is 360 g/mol. The molecule has 0 aromatic heterocycles. The molecule has 0 spiro atoms. The average molecular weight is 399 g/mol. The highest BCUT2D eigenvalue weighted by molar-refractivity contribution is 5.77. The summed E-state index contributed by atoms with van der Waals surface area (Å²) < 4.78 is 16.7. The fourth-order valence-electron chi connectivity index (χ4n) is 6.16. The van der Waals surface area contributed by atoms with Gasteiger partial charge in [-0.05, 0) is 77.6 Å². The fraction of sp³-hybridized carbons (Fsp3) is 0.909. The normalized spacial score (nSPS) is 39.6. The second kappa shape index (κ2) is 7.60. The molecule has 6 atom stereocenters. The molecule has 1 N–H and O–H groups in total. The first-order chi connectivity index (χ1) is 12.8. The van der Waals surface area contributed by atoms with Crippen molar-refractivity contribution in [2.24, 2.45) is 22.7 Å². The third-order valence-electron chi connectivity index (χ3n) is 7.87. The van der Waals surface area contributed by atoms with E-state index in [1.165, 1.54) is 14.2 Å². The van der Waals surface area contributed by atoms with Gasteiger partial charge in [-0.15, -0.1) is 0 Å². The van der Waals surface area contributed by atoms with Gasteiger partial charge in [0.1, 0.15) is 0 Å². The zero-order chi connectivity index (χ0) is 21.5. The summed E-state index contributed by atoms with van der Waals surface area (Å²) in [4.78, 5) is 25.0. The van der Waals surface area contributed by atoms with Crippen molar-refractivity contribution in [3.05, 3.63) is 0 Å². The Labute approximate surface area is 169 Å². The molecule has 0 aromatic rings. The van der Waals surface area contributed by atoms with E-state index >= 15 is 0 Å². The second-order valence-electron chi connectivity index (χ2n) is 10.1. The van der Waals surface area contributed by atoms with Gasteiger partial charge in [0.25, 0.3) is 0 Å². The van der Waals surface area contributed by atoms with Crippen LogP contribution in [0.25, 0.3) is 0 Å². The molecule has 1 saturated carbocycles. The van der Waals surface area contributed by atoms with Crippen molar-refractivity contribution in [2.45, 2.75) is 91.0 Å². The minimum atomic E-state index is -0.732. The van der Waals surface area contributed by atoms with E-state index in [0.29, 0.717) is 6.42 Å². The lowest BCUT2D eigenvalue weighted by Crippen LogP contribution is -2.64. The van der Waals surface area contributed by atoms with Crippen molar-refractivity contribution in [1.29, 1.82) is 0 Å². The summed E-state index contributed by atoms with van der Waals surface area (Å²) in [5.41, 5.74) is -2.31. The van der Waals surface area contributed by atoms with E-state index in [1.54, 1.807) is 6.92 Å². The lowest BCUT2D eigenvalue weighted by atomic mass is 9.47. The number of aliphatic hydroxyl groups is 1. The van der Waals surface area contributed by atoms with E-state index in [-0.39, 0.29) is 30.2 Å². The van der Waals surface area contributed by atoms with E-state index in [2.05, 4.69) is 13.8 Å². The highest BCUT2D eigenvalue weighted by Gasteiger charge is 2.63. The van der Waals surface area contributed by atoms with Crippen LogP contribution >= 0.6 is 0 Å². The third-order valence-corrected chi connectivity index (χ3v) is 7.87. The van der Waals surface area contributed by atoms with E-state index in [4.69, 9.17) is 14.2 Å². The Kier molecular flexibility index (Phi) is 6.28. The third kappa shape index (κ3) is 3.70. The molecule has 2 fully saturated rings. The van der Waals surface area contributed by atoms with E-state index < -0.39 is 28.1 Å². The first kappa shape index (κ1) is 23.1. The SMILES string of the molecule is COC(=O)C[C@]1(C)[C@@H](C(C)(C)C(=O)OC)CC[C@]2(C)O[C@@](C)([C@@H](C)O)CC[C@@H]12. The van der Waals surface area contributed by atoms with Crippen LogP contribution in [0.2, 0.25) is 0 Å². The zero-order valence-corrected chi connectivity index (χ0v) is 18.8. The van der Waals surface area contributed by atoms with Gasteiger partial charge in [-0.3, -0.25) is 9.59 Å². The minimum Gasteiger partial charge on any atom is -0.469 e. The summed E-state index contributed by atoms with van der Waals surface area (Å²) in [5, 5.41) is 10.3. The molecule has 1 heterocycles. The molecular formula is C22H38O6. The molecule has 0 aromatic carbocycles. The highest BCUT2D eigenvalue weighted by Crippen LogP contribution is 2.62. The second-order valence-corrected chi connectivity index (χ2v) is 10.1. The summed E-state index contributed by atoms with van der Waals surface area (Å²) in [5.74, 6) is -0.526. The molecule has 6 heteroatoms. The summed E-state index contributed by atoms with van der Waals surface area (Å²) >= 11 is 0. The molecule has 0 unspecified atom stereocenters. The Hall–Kier alpha value is -1.14. The molecule has 162 valence electrons. The number of hydrogen-bond acceptors (Lipinski definition) is 6. The fourth-order valence-corrected chi connectivity index (χ4v) is 6.16. The molecule has 1 saturated heterocycles. The van der Waals surface area contributed by atoms with Crippen LogP contribution in [0.4, 0.5) is 0 Å². The molecule has 2 rings (SSSR count). The Morgan fingerprint density at radius 1 is 1.14 bits per heavy atom. The van der Waals surface area contributed by atoms with Gasteiger partial charge in [-0.1, -0.05) is 6.92 Å². The summed E-state index contributed by atoms with van der Waals surface area (Å²) in [6.45, 7) is 11.7. The molecule has 0 bridgehead atoms. The summed E-state index contributed by atoms with van der Waals surface area (Å²) in [7, 11) is 2.81. The number of aliphatic hydroxyl groups excluding tert-OH is 1. The molecule has 28 heavy (non-hydrogen) atoms. The number of esters is 2. The lowest BCUT2D eigenvalue weighted by Gasteiger charge is -2.63. The predicted octanol–water partition coefficient (Wildman–Crippen LogP) is 3.49. The number of hydrogen-bond donors (Lipinski definition) is 1. The Bertz CT molecular complexity index is 614. The Balaban J connectivity index is 2.49. The van der Waals surface area contributed by atoms with Crippen molar-refractivity contribution in [2.75, 3.05) is 14.2 Å². The first-order valence-electron chi connectivity index (χ1n) is 10.3. The molecule has 0 radical (unpaired) electrons. The smallest absolute Gasteiger partial charge is 0.311 e. The van der Waals surface area contributed by atoms with Crippen molar-refractivity contribution in [3.8, 4) is 0 Å². The lowest BCUT2D eigenvalue weighted by molar-refractivity contribution is -0.279. The predicted molar refractivity (Wildman–Crippen MR) is 106 cm³/mol. The van der Waals surface area contributed by atoms with Gasteiger partial charge in [-0.25, -0.2) is 0 Å². The van der Waals surface area contributed by atoms with Crippen molar-refractivity contribution >= 4 is 11.9 Å². The van der Waals surface area contributed by atoms with Crippen molar-refractivity contribution in [3.63, 3.8) is 0 Å². The summed E-state index contributed by atoms with van der Waals surface area (Å²) in [6, 6.07) is 0. The largest absolute Gasteiger partial charge is 0.469 e. The zero-order valence-electron chi connectivity index (χ0n) is 18.8. The van der Waals surface area contributed by atoms with Crippen LogP contribution < -0.4 is 0 Å². The van der Waals surface area contributed by atoms with Crippen LogP contribution in [0.3, 0.4) is 0 Å². The van der Waals surface area contributed by atoms with Crippen LogP contribution in [0.15, 0.2) is 0 Å². The van der Waals surface area contributed by atoms with Crippen molar-refractivity contribution in [1.82, 2.24) is 0 Å². The molecule has 6 nitrogen and oxygen atoms in total. The van der Waals surface area contributed by atoms with Crippen LogP contribution in [-0.4, -0.2) is 48.6 Å². The van der Waals surface area contributed by atoms with Gasteiger partial charge in [0, 0.05) is 0 Å². The Morgan fingerprint density at radius 3 is 2.25 bits per heavy atom. The maximum atomic E-state index is 12.6. The van der Waals surface area contributed by atoms with Gasteiger partial charge >= 0.3 is 11.9 Å². The van der Waals surface area contributed by atoms with Crippen LogP contribution in [0.1, 0.15) is 73.6 Å². The van der Waals surface area contributed by atoms with Gasteiger partial charge in [0.05, 0.1) is 43.4 Å². The van der Waals surface area contributed by atoms with Crippen LogP contribution in [0, 0.1) is 22.7 Å². The first-order valence-corrected chi connectivity index (χ1v) is 10.3. The van der Waals surface area contributed by atoms with Crippen LogP contribution in [-0.2, 0) is 23.8 Å². The maximum absolute atomic E-state index is 12.6. The van der Waals surface area contributed by atoms with E-state index in [0.717, 1.165) is 19.3 Å². The molecule has 0 amide bonds. The van der Waals surface area contributed by atoms with Gasteiger partial charge in [0.2, 0.25) is 0 Å². The molecule has 1 aliphatic heterocycles. The number of rotatable bonds is 5.